The minimum absolute atomic E-state index is 1.04. The van der Waals surface area contributed by atoms with Crippen LogP contribution in [-0.4, -0.2) is 21.4 Å². The van der Waals surface area contributed by atoms with Crippen molar-refractivity contribution >= 4 is 22.5 Å². The van der Waals surface area contributed by atoms with E-state index in [4.69, 9.17) is 8.85 Å². The third kappa shape index (κ3) is 4.95. The predicted molar refractivity (Wildman–Crippen MR) is 53.0 cm³/mol. The van der Waals surface area contributed by atoms with Gasteiger partial charge in [-0.3, -0.25) is 0 Å². The molecule has 0 saturated carbocycles. The average Bonchev–Trinajstić information content (AvgIpc) is 2.05. The molecule has 0 N–H and O–H groups in total. The first-order valence-corrected chi connectivity index (χ1v) is 8.25. The van der Waals surface area contributed by atoms with Crippen LogP contribution >= 0.6 is 15.3 Å². The van der Waals surface area contributed by atoms with Gasteiger partial charge in [-0.25, -0.2) is 0 Å². The van der Waals surface area contributed by atoms with E-state index >= 15 is 0 Å². The van der Waals surface area contributed by atoms with Crippen molar-refractivity contribution in [2.24, 2.45) is 0 Å². The van der Waals surface area contributed by atoms with E-state index in [1.54, 1.807) is 14.2 Å². The Morgan fingerprint density at radius 1 is 1.18 bits per heavy atom. The van der Waals surface area contributed by atoms with E-state index in [2.05, 4.69) is 22.2 Å². The van der Waals surface area contributed by atoms with Gasteiger partial charge < -0.3 is 8.85 Å². The summed E-state index contributed by atoms with van der Waals surface area (Å²) in [6, 6.07) is 1.04. The zero-order chi connectivity index (χ0) is 8.74. The fourth-order valence-electron chi connectivity index (χ4n) is 0.874. The quantitative estimate of drug-likeness (QED) is 0.404. The summed E-state index contributed by atoms with van der Waals surface area (Å²) in [6.07, 6.45) is 3.69. The highest BCUT2D eigenvalue weighted by molar-refractivity contribution is 9.25. The third-order valence-electron chi connectivity index (χ3n) is 1.69. The van der Waals surface area contributed by atoms with Gasteiger partial charge in [0.25, 0.3) is 0 Å². The van der Waals surface area contributed by atoms with Crippen molar-refractivity contribution in [1.29, 1.82) is 0 Å². The molecule has 0 atom stereocenters. The lowest BCUT2D eigenvalue weighted by molar-refractivity contribution is 0.268. The highest BCUT2D eigenvalue weighted by Gasteiger charge is 2.30. The summed E-state index contributed by atoms with van der Waals surface area (Å²) in [5.41, 5.74) is 0. The summed E-state index contributed by atoms with van der Waals surface area (Å²) in [5, 5.41) is 0. The second kappa shape index (κ2) is 6.17. The van der Waals surface area contributed by atoms with Gasteiger partial charge in [-0.05, 0) is 0 Å². The molecule has 68 valence electrons. The van der Waals surface area contributed by atoms with E-state index in [-0.39, 0.29) is 0 Å². The SMILES string of the molecule is CCCCC[Si](Br)(OC)OC. The molecule has 0 radical (unpaired) electrons. The van der Waals surface area contributed by atoms with Gasteiger partial charge in [0, 0.05) is 20.3 Å². The first-order valence-electron chi connectivity index (χ1n) is 3.97. The molecule has 0 aliphatic carbocycles. The Kier molecular flexibility index (Phi) is 6.51. The average molecular weight is 241 g/mol. The highest BCUT2D eigenvalue weighted by Crippen LogP contribution is 2.22. The fraction of sp³-hybridized carbons (Fsp3) is 1.00. The molecule has 0 heterocycles. The maximum Gasteiger partial charge on any atom is 0.413 e. The van der Waals surface area contributed by atoms with Gasteiger partial charge in [-0.1, -0.05) is 41.5 Å². The van der Waals surface area contributed by atoms with Crippen LogP contribution in [0.5, 0.6) is 0 Å². The maximum atomic E-state index is 5.27. The van der Waals surface area contributed by atoms with Crippen LogP contribution in [-0.2, 0) is 8.85 Å². The summed E-state index contributed by atoms with van der Waals surface area (Å²) < 4.78 is 10.5. The van der Waals surface area contributed by atoms with E-state index in [1.807, 2.05) is 0 Å². The number of hydrogen-bond donors (Lipinski definition) is 0. The summed E-state index contributed by atoms with van der Waals surface area (Å²) in [5.74, 6) is 0. The molecule has 0 amide bonds. The summed E-state index contributed by atoms with van der Waals surface area (Å²) >= 11 is 3.51. The van der Waals surface area contributed by atoms with E-state index in [1.165, 1.54) is 19.3 Å². The first kappa shape index (κ1) is 11.6. The van der Waals surface area contributed by atoms with Crippen LogP contribution in [0.1, 0.15) is 26.2 Å². The van der Waals surface area contributed by atoms with E-state index in [0.29, 0.717) is 0 Å². The largest absolute Gasteiger partial charge is 0.413 e. The van der Waals surface area contributed by atoms with Gasteiger partial charge in [-0.2, -0.15) is 0 Å². The lowest BCUT2D eigenvalue weighted by Crippen LogP contribution is -2.32. The van der Waals surface area contributed by atoms with Crippen molar-refractivity contribution < 1.29 is 8.85 Å². The fourth-order valence-corrected chi connectivity index (χ4v) is 2.96. The molecule has 0 saturated heterocycles. The lowest BCUT2D eigenvalue weighted by atomic mass is 10.3. The van der Waals surface area contributed by atoms with Crippen LogP contribution in [0.4, 0.5) is 0 Å². The Bertz CT molecular complexity index is 96.4. The topological polar surface area (TPSA) is 18.5 Å². The van der Waals surface area contributed by atoms with Gasteiger partial charge in [0.15, 0.2) is 0 Å². The third-order valence-corrected chi connectivity index (χ3v) is 6.99. The first-order chi connectivity index (χ1) is 5.18. The molecule has 4 heteroatoms. The minimum atomic E-state index is -1.92. The Hall–Kier alpha value is 0.617. The van der Waals surface area contributed by atoms with Gasteiger partial charge in [-0.15, -0.1) is 0 Å². The zero-order valence-corrected chi connectivity index (χ0v) is 10.1. The predicted octanol–water partition coefficient (Wildman–Crippen LogP) is 2.80. The van der Waals surface area contributed by atoms with Crippen molar-refractivity contribution in [3.05, 3.63) is 0 Å². The van der Waals surface area contributed by atoms with Crippen molar-refractivity contribution in [1.82, 2.24) is 0 Å². The number of rotatable bonds is 6. The molecule has 0 aliphatic heterocycles. The van der Waals surface area contributed by atoms with Crippen molar-refractivity contribution in [3.8, 4) is 0 Å². The molecule has 0 aromatic carbocycles. The highest BCUT2D eigenvalue weighted by atomic mass is 79.9. The molecular formula is C7H17BrO2Si. The summed E-state index contributed by atoms with van der Waals surface area (Å²) in [4.78, 5) is 0. The van der Waals surface area contributed by atoms with Gasteiger partial charge in [0.2, 0.25) is 0 Å². The number of halogens is 1. The van der Waals surface area contributed by atoms with Gasteiger partial charge >= 0.3 is 7.18 Å². The number of unbranched alkanes of at least 4 members (excludes halogenated alkanes) is 2. The van der Waals surface area contributed by atoms with Gasteiger partial charge in [0.05, 0.1) is 0 Å². The number of hydrogen-bond acceptors (Lipinski definition) is 2. The Morgan fingerprint density at radius 2 is 1.73 bits per heavy atom. The molecule has 0 aliphatic rings. The van der Waals surface area contributed by atoms with Crippen molar-refractivity contribution in [3.63, 3.8) is 0 Å². The molecule has 0 fully saturated rings. The van der Waals surface area contributed by atoms with Crippen molar-refractivity contribution in [2.75, 3.05) is 14.2 Å². The molecule has 0 spiro atoms. The Morgan fingerprint density at radius 3 is 2.09 bits per heavy atom. The molecule has 0 rings (SSSR count). The van der Waals surface area contributed by atoms with Crippen LogP contribution in [0, 0.1) is 0 Å². The van der Waals surface area contributed by atoms with Gasteiger partial charge in [0.1, 0.15) is 0 Å². The van der Waals surface area contributed by atoms with Crippen LogP contribution in [0.2, 0.25) is 6.04 Å². The molecule has 0 bridgehead atoms. The molecule has 11 heavy (non-hydrogen) atoms. The van der Waals surface area contributed by atoms with Crippen LogP contribution < -0.4 is 0 Å². The van der Waals surface area contributed by atoms with Crippen LogP contribution in [0.15, 0.2) is 0 Å². The molecular weight excluding hydrogens is 224 g/mol. The standard InChI is InChI=1S/C7H17BrO2Si/c1-4-5-6-7-11(8,9-2)10-3/h4-7H2,1-3H3. The Balaban J connectivity index is 3.51. The van der Waals surface area contributed by atoms with Crippen molar-refractivity contribution in [2.45, 2.75) is 32.2 Å². The van der Waals surface area contributed by atoms with Crippen LogP contribution in [0.25, 0.3) is 0 Å². The monoisotopic (exact) mass is 240 g/mol. The minimum Gasteiger partial charge on any atom is -0.390 e. The lowest BCUT2D eigenvalue weighted by Gasteiger charge is -2.19. The smallest absolute Gasteiger partial charge is 0.390 e. The summed E-state index contributed by atoms with van der Waals surface area (Å²) in [6.45, 7) is 2.19. The molecule has 2 nitrogen and oxygen atoms in total. The van der Waals surface area contributed by atoms with Crippen LogP contribution in [0.3, 0.4) is 0 Å². The Labute approximate surface area is 78.1 Å². The second-order valence-corrected chi connectivity index (χ2v) is 8.79. The molecule has 0 unspecified atom stereocenters. The zero-order valence-electron chi connectivity index (χ0n) is 7.52. The normalized spacial score (nSPS) is 12.0. The van der Waals surface area contributed by atoms with E-state index < -0.39 is 7.18 Å². The van der Waals surface area contributed by atoms with E-state index in [0.717, 1.165) is 6.04 Å². The summed E-state index contributed by atoms with van der Waals surface area (Å²) in [7, 11) is 1.49. The molecule has 0 aromatic heterocycles. The van der Waals surface area contributed by atoms with E-state index in [9.17, 15) is 0 Å². The second-order valence-electron chi connectivity index (χ2n) is 2.53. The molecule has 0 aromatic rings. The maximum absolute atomic E-state index is 5.27.